The van der Waals surface area contributed by atoms with Crippen molar-refractivity contribution < 1.29 is 0 Å². The van der Waals surface area contributed by atoms with Crippen molar-refractivity contribution in [2.45, 2.75) is 6.42 Å². The summed E-state index contributed by atoms with van der Waals surface area (Å²) in [5, 5.41) is 12.7. The van der Waals surface area contributed by atoms with E-state index in [9.17, 15) is 14.9 Å². The highest BCUT2D eigenvalue weighted by Crippen LogP contribution is 2.24. The molecule has 130 valence electrons. The molecule has 2 aromatic rings. The molecule has 1 atom stereocenters. The van der Waals surface area contributed by atoms with Gasteiger partial charge in [0.1, 0.15) is 17.7 Å². The van der Waals surface area contributed by atoms with E-state index in [-0.39, 0.29) is 5.56 Å². The van der Waals surface area contributed by atoms with Crippen LogP contribution >= 0.6 is 0 Å². The van der Waals surface area contributed by atoms with Crippen molar-refractivity contribution in [3.8, 4) is 6.07 Å². The minimum atomic E-state index is -0.546. The summed E-state index contributed by atoms with van der Waals surface area (Å²) in [4.78, 5) is 30.6. The third-order valence-electron chi connectivity index (χ3n) is 4.57. The molecule has 0 unspecified atom stereocenters. The van der Waals surface area contributed by atoms with E-state index in [0.717, 1.165) is 23.4 Å². The van der Waals surface area contributed by atoms with Crippen LogP contribution in [0, 0.1) is 17.2 Å². The molecule has 3 heterocycles. The lowest BCUT2D eigenvalue weighted by Gasteiger charge is -2.23. The zero-order valence-corrected chi connectivity index (χ0v) is 14.3. The second-order valence-electron chi connectivity index (χ2n) is 6.21. The van der Waals surface area contributed by atoms with Crippen LogP contribution < -0.4 is 21.5 Å². The first-order valence-corrected chi connectivity index (χ1v) is 8.13. The van der Waals surface area contributed by atoms with Gasteiger partial charge < -0.3 is 10.2 Å². The average Bonchev–Trinajstić information content (AvgIpc) is 3.10. The van der Waals surface area contributed by atoms with Crippen LogP contribution in [0.2, 0.25) is 0 Å². The summed E-state index contributed by atoms with van der Waals surface area (Å²) in [5.74, 6) is 1.57. The molecule has 0 bridgehead atoms. The maximum atomic E-state index is 12.2. The second-order valence-corrected chi connectivity index (χ2v) is 6.21. The van der Waals surface area contributed by atoms with E-state index >= 15 is 0 Å². The molecule has 0 aliphatic carbocycles. The maximum Gasteiger partial charge on any atom is 0.332 e. The van der Waals surface area contributed by atoms with E-state index in [4.69, 9.17) is 0 Å². The van der Waals surface area contributed by atoms with Gasteiger partial charge in [-0.05, 0) is 24.5 Å². The Kier molecular flexibility index (Phi) is 4.57. The Hall–Kier alpha value is -3.08. The Morgan fingerprint density at radius 1 is 1.32 bits per heavy atom. The predicted octanol–water partition coefficient (Wildman–Crippen LogP) is 0.289. The van der Waals surface area contributed by atoms with E-state index in [2.05, 4.69) is 10.3 Å². The number of pyridine rings is 1. The van der Waals surface area contributed by atoms with Gasteiger partial charge >= 0.3 is 5.69 Å². The standard InChI is InChI=1S/C17H20N6O2/c1-21-15(13(9-18)16(24)22(2)17(21)25)23-8-6-12(11-23)10-20-14-5-3-4-7-19-14/h3-5,7,12H,6,8,10-11H2,1-2H3,(H,19,20)/t12-/m0/s1. The molecule has 1 fully saturated rings. The van der Waals surface area contributed by atoms with E-state index in [1.807, 2.05) is 29.2 Å². The Balaban J connectivity index is 1.80. The maximum absolute atomic E-state index is 12.2. The van der Waals surface area contributed by atoms with Crippen LogP contribution in [-0.2, 0) is 14.1 Å². The molecule has 0 amide bonds. The summed E-state index contributed by atoms with van der Waals surface area (Å²) in [6.07, 6.45) is 2.64. The fourth-order valence-electron chi connectivity index (χ4n) is 3.21. The number of nitrogens with zero attached hydrogens (tertiary/aromatic N) is 5. The van der Waals surface area contributed by atoms with Crippen molar-refractivity contribution in [2.75, 3.05) is 29.9 Å². The highest BCUT2D eigenvalue weighted by atomic mass is 16.2. The van der Waals surface area contributed by atoms with Crippen molar-refractivity contribution in [1.29, 1.82) is 5.26 Å². The normalized spacial score (nSPS) is 16.7. The van der Waals surface area contributed by atoms with Gasteiger partial charge in [-0.3, -0.25) is 13.9 Å². The van der Waals surface area contributed by atoms with Crippen LogP contribution in [-0.4, -0.2) is 33.8 Å². The first-order chi connectivity index (χ1) is 12.0. The molecule has 0 saturated carbocycles. The van der Waals surface area contributed by atoms with Gasteiger partial charge in [0.25, 0.3) is 5.56 Å². The van der Waals surface area contributed by atoms with Crippen LogP contribution in [0.25, 0.3) is 0 Å². The zero-order chi connectivity index (χ0) is 18.0. The summed E-state index contributed by atoms with van der Waals surface area (Å²) in [6.45, 7) is 2.12. The largest absolute Gasteiger partial charge is 0.370 e. The molecule has 1 aliphatic heterocycles. The van der Waals surface area contributed by atoms with Crippen LogP contribution in [0.5, 0.6) is 0 Å². The van der Waals surface area contributed by atoms with Crippen LogP contribution in [0.1, 0.15) is 12.0 Å². The number of rotatable bonds is 4. The number of nitriles is 1. The van der Waals surface area contributed by atoms with Gasteiger partial charge in [0.2, 0.25) is 0 Å². The molecule has 3 rings (SSSR count). The number of hydrogen-bond acceptors (Lipinski definition) is 6. The molecule has 1 N–H and O–H groups in total. The van der Waals surface area contributed by atoms with E-state index in [0.29, 0.717) is 24.8 Å². The van der Waals surface area contributed by atoms with Crippen molar-refractivity contribution >= 4 is 11.6 Å². The third-order valence-corrected chi connectivity index (χ3v) is 4.57. The number of hydrogen-bond donors (Lipinski definition) is 1. The molecule has 8 heteroatoms. The first-order valence-electron chi connectivity index (χ1n) is 8.13. The lowest BCUT2D eigenvalue weighted by Crippen LogP contribution is -2.42. The Morgan fingerprint density at radius 2 is 2.12 bits per heavy atom. The van der Waals surface area contributed by atoms with Gasteiger partial charge in [0.15, 0.2) is 5.56 Å². The molecule has 0 spiro atoms. The van der Waals surface area contributed by atoms with Crippen LogP contribution in [0.4, 0.5) is 11.6 Å². The molecule has 1 aliphatic rings. The number of aromatic nitrogens is 3. The molecule has 0 radical (unpaired) electrons. The highest BCUT2D eigenvalue weighted by Gasteiger charge is 2.28. The molecule has 8 nitrogen and oxygen atoms in total. The number of nitrogens with one attached hydrogen (secondary N) is 1. The lowest BCUT2D eigenvalue weighted by atomic mass is 10.1. The van der Waals surface area contributed by atoms with Gasteiger partial charge in [0, 0.05) is 39.9 Å². The summed E-state index contributed by atoms with van der Waals surface area (Å²) >= 11 is 0. The topological polar surface area (TPSA) is 95.9 Å². The van der Waals surface area contributed by atoms with Crippen molar-refractivity contribution in [3.05, 3.63) is 50.8 Å². The van der Waals surface area contributed by atoms with Crippen LogP contribution in [0.3, 0.4) is 0 Å². The van der Waals surface area contributed by atoms with Crippen molar-refractivity contribution in [1.82, 2.24) is 14.1 Å². The van der Waals surface area contributed by atoms with Gasteiger partial charge in [-0.2, -0.15) is 5.26 Å². The smallest absolute Gasteiger partial charge is 0.332 e. The van der Waals surface area contributed by atoms with E-state index in [1.165, 1.54) is 11.6 Å². The van der Waals surface area contributed by atoms with Crippen LogP contribution in [0.15, 0.2) is 34.0 Å². The lowest BCUT2D eigenvalue weighted by molar-refractivity contribution is 0.616. The molecule has 1 saturated heterocycles. The quantitative estimate of drug-likeness (QED) is 0.859. The van der Waals surface area contributed by atoms with Gasteiger partial charge in [-0.15, -0.1) is 0 Å². The molecular weight excluding hydrogens is 320 g/mol. The first kappa shape index (κ1) is 16.8. The van der Waals surface area contributed by atoms with Gasteiger partial charge in [0.05, 0.1) is 0 Å². The monoisotopic (exact) mass is 340 g/mol. The van der Waals surface area contributed by atoms with Gasteiger partial charge in [-0.1, -0.05) is 6.07 Å². The fourth-order valence-corrected chi connectivity index (χ4v) is 3.21. The highest BCUT2D eigenvalue weighted by molar-refractivity contribution is 5.54. The second kappa shape index (κ2) is 6.81. The summed E-state index contributed by atoms with van der Waals surface area (Å²) in [7, 11) is 2.98. The molecule has 0 aromatic carbocycles. The minimum Gasteiger partial charge on any atom is -0.370 e. The molecule has 2 aromatic heterocycles. The molecular formula is C17H20N6O2. The summed E-state index contributed by atoms with van der Waals surface area (Å²) in [5.41, 5.74) is -0.951. The SMILES string of the molecule is Cn1c(N2CC[C@@H](CNc3ccccn3)C2)c(C#N)c(=O)n(C)c1=O. The number of anilines is 2. The predicted molar refractivity (Wildman–Crippen MR) is 94.7 cm³/mol. The van der Waals surface area contributed by atoms with Crippen molar-refractivity contribution in [3.63, 3.8) is 0 Å². The van der Waals surface area contributed by atoms with E-state index < -0.39 is 11.2 Å². The summed E-state index contributed by atoms with van der Waals surface area (Å²) < 4.78 is 2.35. The Labute approximate surface area is 145 Å². The zero-order valence-electron chi connectivity index (χ0n) is 14.3. The third kappa shape index (κ3) is 3.13. The van der Waals surface area contributed by atoms with E-state index in [1.54, 1.807) is 13.2 Å². The summed E-state index contributed by atoms with van der Waals surface area (Å²) in [6, 6.07) is 7.65. The van der Waals surface area contributed by atoms with Gasteiger partial charge in [-0.25, -0.2) is 9.78 Å². The van der Waals surface area contributed by atoms with Crippen molar-refractivity contribution in [2.24, 2.45) is 20.0 Å². The molecule has 25 heavy (non-hydrogen) atoms. The Morgan fingerprint density at radius 3 is 2.80 bits per heavy atom. The Bertz CT molecular complexity index is 925. The average molecular weight is 340 g/mol. The minimum absolute atomic E-state index is 0.0166. The fraction of sp³-hybridized carbons (Fsp3) is 0.412.